The van der Waals surface area contributed by atoms with Gasteiger partial charge in [-0.2, -0.15) is 0 Å². The molecule has 0 saturated heterocycles. The van der Waals surface area contributed by atoms with E-state index in [0.29, 0.717) is 0 Å². The van der Waals surface area contributed by atoms with Gasteiger partial charge in [-0.15, -0.1) is 0 Å². The van der Waals surface area contributed by atoms with Crippen LogP contribution in [0.2, 0.25) is 0 Å². The first kappa shape index (κ1) is 13.2. The lowest BCUT2D eigenvalue weighted by atomic mass is 10.0. The van der Waals surface area contributed by atoms with E-state index in [-0.39, 0.29) is 6.29 Å². The summed E-state index contributed by atoms with van der Waals surface area (Å²) in [7, 11) is 0. The first-order valence-corrected chi connectivity index (χ1v) is 4.22. The molecule has 0 fully saturated rings. The molecule has 5 heteroatoms. The van der Waals surface area contributed by atoms with Crippen LogP contribution in [0.3, 0.4) is 0 Å². The molecule has 0 aromatic carbocycles. The maximum Gasteiger partial charge on any atom is 0.151 e. The SMILES string of the molecule is CC(C)=C[C@H](O)[C@@H](O)[C@@H](O)[C@H](O)C=O. The van der Waals surface area contributed by atoms with E-state index in [2.05, 4.69) is 0 Å². The third kappa shape index (κ3) is 3.97. The summed E-state index contributed by atoms with van der Waals surface area (Å²) in [6.45, 7) is 3.41. The van der Waals surface area contributed by atoms with Crippen LogP contribution in [-0.4, -0.2) is 51.1 Å². The minimum atomic E-state index is -1.69. The zero-order valence-corrected chi connectivity index (χ0v) is 8.16. The van der Waals surface area contributed by atoms with Crippen LogP contribution in [0.4, 0.5) is 0 Å². The Labute approximate surface area is 82.3 Å². The van der Waals surface area contributed by atoms with Crippen molar-refractivity contribution < 1.29 is 25.2 Å². The Balaban J connectivity index is 4.37. The van der Waals surface area contributed by atoms with Crippen LogP contribution in [0.15, 0.2) is 11.6 Å². The Kier molecular flexibility index (Phi) is 5.56. The Morgan fingerprint density at radius 1 is 1.00 bits per heavy atom. The van der Waals surface area contributed by atoms with Gasteiger partial charge in [0.1, 0.15) is 24.4 Å². The molecule has 0 aliphatic rings. The fourth-order valence-electron chi connectivity index (χ4n) is 0.925. The molecule has 5 nitrogen and oxygen atoms in total. The van der Waals surface area contributed by atoms with Crippen molar-refractivity contribution in [1.29, 1.82) is 0 Å². The lowest BCUT2D eigenvalue weighted by Crippen LogP contribution is -2.44. The molecule has 0 amide bonds. The van der Waals surface area contributed by atoms with Gasteiger partial charge in [-0.05, 0) is 13.8 Å². The molecule has 0 rings (SSSR count). The van der Waals surface area contributed by atoms with Gasteiger partial charge in [-0.1, -0.05) is 11.6 Å². The molecule has 4 N–H and O–H groups in total. The number of aliphatic hydroxyl groups excluding tert-OH is 4. The Bertz CT molecular complexity index is 209. The standard InChI is InChI=1S/C9H16O5/c1-5(2)3-6(11)8(13)9(14)7(12)4-10/h3-4,6-9,11-14H,1-2H3/t6-,7+,8+,9-/m0/s1. The first-order chi connectivity index (χ1) is 6.40. The largest absolute Gasteiger partial charge is 0.387 e. The van der Waals surface area contributed by atoms with Gasteiger partial charge in [0.2, 0.25) is 0 Å². The van der Waals surface area contributed by atoms with Crippen LogP contribution in [0.5, 0.6) is 0 Å². The normalized spacial score (nSPS) is 19.3. The lowest BCUT2D eigenvalue weighted by molar-refractivity contribution is -0.130. The van der Waals surface area contributed by atoms with Crippen molar-refractivity contribution in [3.05, 3.63) is 11.6 Å². The van der Waals surface area contributed by atoms with E-state index in [9.17, 15) is 15.0 Å². The van der Waals surface area contributed by atoms with Crippen LogP contribution in [-0.2, 0) is 4.79 Å². The molecule has 0 aromatic heterocycles. The van der Waals surface area contributed by atoms with Gasteiger partial charge in [-0.3, -0.25) is 0 Å². The molecule has 14 heavy (non-hydrogen) atoms. The first-order valence-electron chi connectivity index (χ1n) is 4.22. The van der Waals surface area contributed by atoms with Gasteiger partial charge in [-0.25, -0.2) is 0 Å². The highest BCUT2D eigenvalue weighted by molar-refractivity contribution is 5.56. The minimum absolute atomic E-state index is 0.100. The topological polar surface area (TPSA) is 98.0 Å². The highest BCUT2D eigenvalue weighted by Gasteiger charge is 2.28. The predicted octanol–water partition coefficient (Wildman–Crippen LogP) is -1.40. The van der Waals surface area contributed by atoms with E-state index < -0.39 is 24.4 Å². The van der Waals surface area contributed by atoms with Crippen molar-refractivity contribution in [2.24, 2.45) is 0 Å². The van der Waals surface area contributed by atoms with Crippen molar-refractivity contribution in [3.63, 3.8) is 0 Å². The monoisotopic (exact) mass is 204 g/mol. The Morgan fingerprint density at radius 3 is 1.79 bits per heavy atom. The summed E-state index contributed by atoms with van der Waals surface area (Å²) in [5.41, 5.74) is 0.754. The number of allylic oxidation sites excluding steroid dienone is 1. The van der Waals surface area contributed by atoms with Crippen LogP contribution in [0.1, 0.15) is 13.8 Å². The number of rotatable bonds is 5. The number of carbonyl (C=O) groups excluding carboxylic acids is 1. The smallest absolute Gasteiger partial charge is 0.151 e. The molecule has 0 aliphatic heterocycles. The number of hydrogen-bond acceptors (Lipinski definition) is 5. The van der Waals surface area contributed by atoms with Crippen LogP contribution < -0.4 is 0 Å². The number of hydrogen-bond donors (Lipinski definition) is 4. The molecule has 0 heterocycles. The summed E-state index contributed by atoms with van der Waals surface area (Å²) < 4.78 is 0. The molecule has 0 saturated carbocycles. The van der Waals surface area contributed by atoms with E-state index in [1.54, 1.807) is 13.8 Å². The second-order valence-corrected chi connectivity index (χ2v) is 3.34. The average Bonchev–Trinajstić information content (AvgIpc) is 2.13. The summed E-state index contributed by atoms with van der Waals surface area (Å²) in [6.07, 6.45) is -4.83. The van der Waals surface area contributed by atoms with E-state index in [1.807, 2.05) is 0 Å². The molecule has 0 aromatic rings. The Hall–Kier alpha value is -0.750. The molecule has 4 atom stereocenters. The van der Waals surface area contributed by atoms with Crippen LogP contribution in [0.25, 0.3) is 0 Å². The zero-order valence-electron chi connectivity index (χ0n) is 8.16. The van der Waals surface area contributed by atoms with Gasteiger partial charge >= 0.3 is 0 Å². The van der Waals surface area contributed by atoms with E-state index >= 15 is 0 Å². The molecular formula is C9H16O5. The fraction of sp³-hybridized carbons (Fsp3) is 0.667. The Morgan fingerprint density at radius 2 is 1.43 bits per heavy atom. The maximum absolute atomic E-state index is 10.1. The summed E-state index contributed by atoms with van der Waals surface area (Å²) in [5.74, 6) is 0. The van der Waals surface area contributed by atoms with Gasteiger partial charge in [0.25, 0.3) is 0 Å². The quantitative estimate of drug-likeness (QED) is 0.326. The van der Waals surface area contributed by atoms with Crippen LogP contribution >= 0.6 is 0 Å². The van der Waals surface area contributed by atoms with Gasteiger partial charge in [0.15, 0.2) is 6.29 Å². The zero-order chi connectivity index (χ0) is 11.3. The number of carbonyl (C=O) groups is 1. The highest BCUT2D eigenvalue weighted by Crippen LogP contribution is 2.06. The number of aldehydes is 1. The molecule has 0 spiro atoms. The number of aliphatic hydroxyl groups is 4. The van der Waals surface area contributed by atoms with Gasteiger partial charge < -0.3 is 25.2 Å². The molecular weight excluding hydrogens is 188 g/mol. The second kappa shape index (κ2) is 5.87. The van der Waals surface area contributed by atoms with Crippen molar-refractivity contribution in [2.45, 2.75) is 38.3 Å². The fourth-order valence-corrected chi connectivity index (χ4v) is 0.925. The molecule has 0 aliphatic carbocycles. The average molecular weight is 204 g/mol. The summed E-state index contributed by atoms with van der Waals surface area (Å²) in [5, 5.41) is 36.6. The van der Waals surface area contributed by atoms with Crippen molar-refractivity contribution in [2.75, 3.05) is 0 Å². The molecule has 0 unspecified atom stereocenters. The van der Waals surface area contributed by atoms with E-state index in [4.69, 9.17) is 10.2 Å². The third-order valence-corrected chi connectivity index (χ3v) is 1.69. The van der Waals surface area contributed by atoms with Gasteiger partial charge in [0, 0.05) is 0 Å². The lowest BCUT2D eigenvalue weighted by Gasteiger charge is -2.22. The molecule has 0 bridgehead atoms. The van der Waals surface area contributed by atoms with Crippen LogP contribution in [0, 0.1) is 0 Å². The summed E-state index contributed by atoms with van der Waals surface area (Å²) in [4.78, 5) is 10.1. The maximum atomic E-state index is 10.1. The summed E-state index contributed by atoms with van der Waals surface area (Å²) >= 11 is 0. The second-order valence-electron chi connectivity index (χ2n) is 3.34. The van der Waals surface area contributed by atoms with Gasteiger partial charge in [0.05, 0.1) is 0 Å². The molecule has 82 valence electrons. The van der Waals surface area contributed by atoms with Crippen molar-refractivity contribution in [1.82, 2.24) is 0 Å². The highest BCUT2D eigenvalue weighted by atomic mass is 16.4. The predicted molar refractivity (Wildman–Crippen MR) is 49.5 cm³/mol. The van der Waals surface area contributed by atoms with Crippen molar-refractivity contribution >= 4 is 6.29 Å². The van der Waals surface area contributed by atoms with Crippen molar-refractivity contribution in [3.8, 4) is 0 Å². The summed E-state index contributed by atoms with van der Waals surface area (Å²) in [6, 6.07) is 0. The van der Waals surface area contributed by atoms with E-state index in [1.165, 1.54) is 6.08 Å². The van der Waals surface area contributed by atoms with E-state index in [0.717, 1.165) is 5.57 Å². The molecule has 0 radical (unpaired) electrons. The minimum Gasteiger partial charge on any atom is -0.387 e. The third-order valence-electron chi connectivity index (χ3n) is 1.69.